The van der Waals surface area contributed by atoms with Gasteiger partial charge in [0.05, 0.1) is 16.2 Å². The number of nitrogens with one attached hydrogen (secondary N) is 2. The van der Waals surface area contributed by atoms with E-state index in [0.29, 0.717) is 11.6 Å². The van der Waals surface area contributed by atoms with Crippen LogP contribution >= 0.6 is 0 Å². The third kappa shape index (κ3) is 5.02. The molecule has 2 aromatic rings. The van der Waals surface area contributed by atoms with Crippen molar-refractivity contribution in [3.8, 4) is 0 Å². The molecule has 2 amide bonds. The van der Waals surface area contributed by atoms with Crippen LogP contribution in [0, 0.1) is 16.0 Å². The van der Waals surface area contributed by atoms with Gasteiger partial charge in [0.15, 0.2) is 0 Å². The van der Waals surface area contributed by atoms with Crippen LogP contribution in [0.1, 0.15) is 30.1 Å². The van der Waals surface area contributed by atoms with E-state index in [4.69, 9.17) is 0 Å². The number of carbonyl (C=O) groups is 2. The number of nitrogens with zero attached hydrogens (tertiary/aromatic N) is 3. The van der Waals surface area contributed by atoms with Gasteiger partial charge in [0.25, 0.3) is 23.1 Å². The van der Waals surface area contributed by atoms with Gasteiger partial charge in [0, 0.05) is 37.5 Å². The Balaban J connectivity index is 1.74. The molecule has 0 saturated carbocycles. The number of carbonyl (C=O) groups excluding carboxylic acids is 2. The maximum atomic E-state index is 12.7. The number of amides is 2. The van der Waals surface area contributed by atoms with Gasteiger partial charge in [-0.3, -0.25) is 35.3 Å². The Labute approximate surface area is 172 Å². The second kappa shape index (κ2) is 9.21. The van der Waals surface area contributed by atoms with E-state index in [0.717, 1.165) is 25.9 Å². The van der Waals surface area contributed by atoms with Gasteiger partial charge in [-0.2, -0.15) is 0 Å². The summed E-state index contributed by atoms with van der Waals surface area (Å²) in [4.78, 5) is 49.1. The number of anilines is 1. The number of hydrazine groups is 1. The normalized spacial score (nSPS) is 14.2. The summed E-state index contributed by atoms with van der Waals surface area (Å²) in [5.74, 6) is -0.686. The van der Waals surface area contributed by atoms with Crippen LogP contribution in [-0.4, -0.2) is 34.4 Å². The molecule has 1 aliphatic heterocycles. The van der Waals surface area contributed by atoms with E-state index in [1.807, 2.05) is 4.90 Å². The lowest BCUT2D eigenvalue weighted by Crippen LogP contribution is -2.44. The Morgan fingerprint density at radius 2 is 1.90 bits per heavy atom. The van der Waals surface area contributed by atoms with E-state index < -0.39 is 16.7 Å². The third-order valence-electron chi connectivity index (χ3n) is 5.09. The van der Waals surface area contributed by atoms with Gasteiger partial charge in [-0.15, -0.1) is 0 Å². The highest BCUT2D eigenvalue weighted by atomic mass is 16.6. The predicted molar refractivity (Wildman–Crippen MR) is 110 cm³/mol. The molecule has 0 aliphatic carbocycles. The molecule has 0 spiro atoms. The minimum Gasteiger partial charge on any atom is -0.371 e. The molecule has 1 aliphatic rings. The van der Waals surface area contributed by atoms with Crippen LogP contribution < -0.4 is 21.3 Å². The average Bonchev–Trinajstić information content (AvgIpc) is 2.74. The lowest BCUT2D eigenvalue weighted by molar-refractivity contribution is -0.384. The second-order valence-corrected chi connectivity index (χ2v) is 7.30. The highest BCUT2D eigenvalue weighted by molar-refractivity contribution is 6.01. The topological polar surface area (TPSA) is 127 Å². The van der Waals surface area contributed by atoms with Gasteiger partial charge in [0.2, 0.25) is 0 Å². The van der Waals surface area contributed by atoms with Crippen molar-refractivity contribution in [3.63, 3.8) is 0 Å². The Hall–Kier alpha value is -3.69. The maximum absolute atomic E-state index is 12.7. The van der Waals surface area contributed by atoms with Crippen LogP contribution in [0.4, 0.5) is 11.4 Å². The van der Waals surface area contributed by atoms with Crippen LogP contribution in [0.2, 0.25) is 0 Å². The van der Waals surface area contributed by atoms with E-state index in [2.05, 4.69) is 17.8 Å². The van der Waals surface area contributed by atoms with E-state index in [1.54, 1.807) is 18.2 Å². The number of nitro groups is 1. The fourth-order valence-corrected chi connectivity index (χ4v) is 3.32. The van der Waals surface area contributed by atoms with Crippen molar-refractivity contribution < 1.29 is 14.5 Å². The first-order valence-electron chi connectivity index (χ1n) is 9.63. The highest BCUT2D eigenvalue weighted by Crippen LogP contribution is 2.29. The molecule has 2 heterocycles. The Bertz CT molecular complexity index is 1010. The molecule has 30 heavy (non-hydrogen) atoms. The quantitative estimate of drug-likeness (QED) is 0.564. The number of benzene rings is 1. The summed E-state index contributed by atoms with van der Waals surface area (Å²) < 4.78 is 1.19. The summed E-state index contributed by atoms with van der Waals surface area (Å²) in [7, 11) is 0. The van der Waals surface area contributed by atoms with Crippen LogP contribution in [-0.2, 0) is 11.3 Å². The number of rotatable bonds is 5. The van der Waals surface area contributed by atoms with E-state index in [1.165, 1.54) is 29.0 Å². The summed E-state index contributed by atoms with van der Waals surface area (Å²) in [5.41, 5.74) is 4.68. The summed E-state index contributed by atoms with van der Waals surface area (Å²) >= 11 is 0. The number of nitro benzene ring substituents is 1. The molecule has 3 rings (SSSR count). The Kier molecular flexibility index (Phi) is 6.45. The highest BCUT2D eigenvalue weighted by Gasteiger charge is 2.23. The van der Waals surface area contributed by atoms with Gasteiger partial charge in [-0.25, -0.2) is 0 Å². The first-order chi connectivity index (χ1) is 14.3. The van der Waals surface area contributed by atoms with Crippen LogP contribution in [0.15, 0.2) is 47.4 Å². The first-order valence-corrected chi connectivity index (χ1v) is 9.63. The van der Waals surface area contributed by atoms with Crippen molar-refractivity contribution >= 4 is 23.2 Å². The van der Waals surface area contributed by atoms with Gasteiger partial charge in [-0.1, -0.05) is 13.0 Å². The first kappa shape index (κ1) is 21.0. The van der Waals surface area contributed by atoms with Crippen molar-refractivity contribution in [1.29, 1.82) is 0 Å². The number of aromatic nitrogens is 1. The minimum atomic E-state index is -0.666. The molecular weight excluding hydrogens is 390 g/mol. The second-order valence-electron chi connectivity index (χ2n) is 7.30. The fraction of sp³-hybridized carbons (Fsp3) is 0.350. The molecule has 0 radical (unpaired) electrons. The number of non-ortho nitro benzene ring substituents is 1. The van der Waals surface area contributed by atoms with Crippen molar-refractivity contribution in [2.24, 2.45) is 5.92 Å². The van der Waals surface area contributed by atoms with Crippen LogP contribution in [0.25, 0.3) is 0 Å². The van der Waals surface area contributed by atoms with Crippen LogP contribution in [0.3, 0.4) is 0 Å². The Morgan fingerprint density at radius 1 is 1.17 bits per heavy atom. The van der Waals surface area contributed by atoms with E-state index >= 15 is 0 Å². The van der Waals surface area contributed by atoms with Gasteiger partial charge >= 0.3 is 0 Å². The lowest BCUT2D eigenvalue weighted by Gasteiger charge is -2.33. The molecule has 10 nitrogen and oxygen atoms in total. The zero-order valence-corrected chi connectivity index (χ0v) is 16.5. The SMILES string of the molecule is CC1CCN(c2ccc([N+](=O)[O-])cc2C(=O)NNC(=O)Cn2ccccc2=O)CC1. The average molecular weight is 413 g/mol. The number of piperidine rings is 1. The zero-order chi connectivity index (χ0) is 21.7. The smallest absolute Gasteiger partial charge is 0.272 e. The van der Waals surface area contributed by atoms with Gasteiger partial charge in [-0.05, 0) is 30.9 Å². The number of pyridine rings is 1. The summed E-state index contributed by atoms with van der Waals surface area (Å²) in [6.07, 6.45) is 3.38. The van der Waals surface area contributed by atoms with E-state index in [9.17, 15) is 24.5 Å². The minimum absolute atomic E-state index is 0.107. The van der Waals surface area contributed by atoms with Crippen molar-refractivity contribution in [2.75, 3.05) is 18.0 Å². The van der Waals surface area contributed by atoms with Crippen molar-refractivity contribution in [1.82, 2.24) is 15.4 Å². The molecule has 1 aromatic carbocycles. The molecule has 1 saturated heterocycles. The van der Waals surface area contributed by atoms with Crippen molar-refractivity contribution in [2.45, 2.75) is 26.3 Å². The number of hydrogen-bond donors (Lipinski definition) is 2. The molecule has 158 valence electrons. The molecular formula is C20H23N5O5. The van der Waals surface area contributed by atoms with Gasteiger partial charge < -0.3 is 9.47 Å². The van der Waals surface area contributed by atoms with Crippen LogP contribution in [0.5, 0.6) is 0 Å². The number of hydrogen-bond acceptors (Lipinski definition) is 6. The molecule has 0 bridgehead atoms. The summed E-state index contributed by atoms with van der Waals surface area (Å²) in [6.45, 7) is 3.37. The standard InChI is InChI=1S/C20H23N5O5/c1-14-7-10-23(11-8-14)17-6-5-15(25(29)30)12-16(17)20(28)22-21-18(26)13-24-9-3-2-4-19(24)27/h2-6,9,12,14H,7-8,10-11,13H2,1H3,(H,21,26)(H,22,28). The largest absolute Gasteiger partial charge is 0.371 e. The molecule has 2 N–H and O–H groups in total. The maximum Gasteiger partial charge on any atom is 0.272 e. The molecule has 1 aromatic heterocycles. The summed E-state index contributed by atoms with van der Waals surface area (Å²) in [5, 5.41) is 11.2. The predicted octanol–water partition coefficient (Wildman–Crippen LogP) is 1.45. The van der Waals surface area contributed by atoms with E-state index in [-0.39, 0.29) is 23.4 Å². The zero-order valence-electron chi connectivity index (χ0n) is 16.5. The molecule has 10 heteroatoms. The Morgan fingerprint density at radius 3 is 2.57 bits per heavy atom. The molecule has 0 unspecified atom stereocenters. The van der Waals surface area contributed by atoms with Gasteiger partial charge in [0.1, 0.15) is 6.54 Å². The lowest BCUT2D eigenvalue weighted by atomic mass is 9.98. The monoisotopic (exact) mass is 413 g/mol. The fourth-order valence-electron chi connectivity index (χ4n) is 3.32. The van der Waals surface area contributed by atoms with Crippen molar-refractivity contribution in [3.05, 3.63) is 68.6 Å². The third-order valence-corrected chi connectivity index (χ3v) is 5.09. The molecule has 1 fully saturated rings. The summed E-state index contributed by atoms with van der Waals surface area (Å²) in [6, 6.07) is 8.63. The molecule has 0 atom stereocenters.